The molecule has 0 aliphatic rings. The van der Waals surface area contributed by atoms with Crippen LogP contribution < -0.4 is 0 Å². The monoisotopic (exact) mass is 238 g/mol. The van der Waals surface area contributed by atoms with Gasteiger partial charge < -0.3 is 4.74 Å². The molecule has 0 rings (SSSR count). The maximum atomic E-state index is 5.40. The highest BCUT2D eigenvalue weighted by Gasteiger charge is 2.06. The molecule has 0 N–H and O–H groups in total. The molecule has 0 aliphatic carbocycles. The number of hydrogen-bond donors (Lipinski definition) is 0. The first-order chi connectivity index (χ1) is 8.02. The fraction of sp³-hybridized carbons (Fsp3) is 0.750. The van der Waals surface area contributed by atoms with Crippen molar-refractivity contribution < 1.29 is 4.74 Å². The van der Waals surface area contributed by atoms with Crippen molar-refractivity contribution >= 4 is 0 Å². The van der Waals surface area contributed by atoms with Crippen LogP contribution in [0.5, 0.6) is 0 Å². The number of rotatable bonds is 8. The highest BCUT2D eigenvalue weighted by atomic mass is 16.5. The Hall–Kier alpha value is -0.720. The van der Waals surface area contributed by atoms with E-state index in [2.05, 4.69) is 53.7 Å². The van der Waals surface area contributed by atoms with E-state index in [-0.39, 0.29) is 0 Å². The predicted octanol–water partition coefficient (Wildman–Crippen LogP) is 5.39. The van der Waals surface area contributed by atoms with Crippen LogP contribution in [0.15, 0.2) is 24.7 Å². The summed E-state index contributed by atoms with van der Waals surface area (Å²) in [6.07, 6.45) is 10.4. The molecule has 0 saturated heterocycles. The van der Waals surface area contributed by atoms with Crippen LogP contribution in [0.25, 0.3) is 0 Å². The zero-order chi connectivity index (χ0) is 13.3. The van der Waals surface area contributed by atoms with Gasteiger partial charge >= 0.3 is 0 Å². The maximum absolute atomic E-state index is 5.40. The molecule has 100 valence electrons. The molecule has 0 fully saturated rings. The third-order valence-corrected chi connectivity index (χ3v) is 4.00. The molecule has 1 nitrogen and oxygen atoms in total. The lowest BCUT2D eigenvalue weighted by atomic mass is 9.94. The van der Waals surface area contributed by atoms with E-state index in [0.29, 0.717) is 11.8 Å². The summed E-state index contributed by atoms with van der Waals surface area (Å²) in [6, 6.07) is 0. The molecule has 0 saturated carbocycles. The second kappa shape index (κ2) is 9.32. The smallest absolute Gasteiger partial charge is 0.0864 e. The quantitative estimate of drug-likeness (QED) is 0.515. The fourth-order valence-electron chi connectivity index (χ4n) is 1.51. The molecule has 0 bridgehead atoms. The Kier molecular flexibility index (Phi) is 8.93. The molecule has 0 heterocycles. The van der Waals surface area contributed by atoms with Gasteiger partial charge in [-0.25, -0.2) is 0 Å². The zero-order valence-corrected chi connectivity index (χ0v) is 12.4. The Balaban J connectivity index is 3.90. The van der Waals surface area contributed by atoms with Crippen molar-refractivity contribution in [2.45, 2.75) is 54.4 Å². The van der Waals surface area contributed by atoms with Crippen molar-refractivity contribution in [3.05, 3.63) is 24.7 Å². The van der Waals surface area contributed by atoms with E-state index < -0.39 is 0 Å². The van der Waals surface area contributed by atoms with Gasteiger partial charge in [0.05, 0.1) is 12.5 Å². The minimum Gasteiger partial charge on any atom is -0.473 e. The fourth-order valence-corrected chi connectivity index (χ4v) is 1.51. The van der Waals surface area contributed by atoms with Gasteiger partial charge in [-0.05, 0) is 35.8 Å². The van der Waals surface area contributed by atoms with Gasteiger partial charge in [0, 0.05) is 0 Å². The second-order valence-electron chi connectivity index (χ2n) is 5.28. The Bertz CT molecular complexity index is 206. The molecule has 4 unspecified atom stereocenters. The Labute approximate surface area is 108 Å². The molecule has 0 amide bonds. The molecule has 0 aromatic carbocycles. The third-order valence-electron chi connectivity index (χ3n) is 4.00. The summed E-state index contributed by atoms with van der Waals surface area (Å²) in [5.74, 6) is 2.61. The molecular weight excluding hydrogens is 208 g/mol. The molecule has 17 heavy (non-hydrogen) atoms. The first-order valence-electron chi connectivity index (χ1n) is 7.01. The lowest BCUT2D eigenvalue weighted by Gasteiger charge is -2.13. The van der Waals surface area contributed by atoms with Crippen LogP contribution in [-0.4, -0.2) is 0 Å². The van der Waals surface area contributed by atoms with Crippen molar-refractivity contribution in [2.24, 2.45) is 23.7 Å². The average molecular weight is 238 g/mol. The summed E-state index contributed by atoms with van der Waals surface area (Å²) >= 11 is 0. The van der Waals surface area contributed by atoms with E-state index >= 15 is 0 Å². The molecular formula is C16H30O. The Morgan fingerprint density at radius 3 is 1.41 bits per heavy atom. The largest absolute Gasteiger partial charge is 0.473 e. The molecule has 1 heteroatoms. The van der Waals surface area contributed by atoms with Crippen LogP contribution in [0, 0.1) is 23.7 Å². The maximum Gasteiger partial charge on any atom is 0.0864 e. The molecule has 0 spiro atoms. The summed E-state index contributed by atoms with van der Waals surface area (Å²) in [4.78, 5) is 0. The van der Waals surface area contributed by atoms with Crippen LogP contribution in [-0.2, 0) is 4.74 Å². The van der Waals surface area contributed by atoms with Gasteiger partial charge in [0.15, 0.2) is 0 Å². The summed E-state index contributed by atoms with van der Waals surface area (Å²) in [6.45, 7) is 13.5. The minimum absolute atomic E-state index is 0.584. The van der Waals surface area contributed by atoms with Crippen LogP contribution >= 0.6 is 0 Å². The zero-order valence-electron chi connectivity index (χ0n) is 12.4. The lowest BCUT2D eigenvalue weighted by molar-refractivity contribution is 0.370. The SMILES string of the molecule is CCC(C)C(C)C=COC=CC(C)C(C)CC. The Morgan fingerprint density at radius 2 is 1.12 bits per heavy atom. The molecule has 0 radical (unpaired) electrons. The third kappa shape index (κ3) is 7.25. The van der Waals surface area contributed by atoms with E-state index in [4.69, 9.17) is 4.74 Å². The van der Waals surface area contributed by atoms with Crippen LogP contribution in [0.3, 0.4) is 0 Å². The van der Waals surface area contributed by atoms with E-state index in [1.807, 2.05) is 12.5 Å². The number of hydrogen-bond acceptors (Lipinski definition) is 1. The highest BCUT2D eigenvalue weighted by molar-refractivity contribution is 4.88. The number of allylic oxidation sites excluding steroid dienone is 2. The normalized spacial score (nSPS) is 19.4. The molecule has 4 atom stereocenters. The van der Waals surface area contributed by atoms with Crippen molar-refractivity contribution in [1.29, 1.82) is 0 Å². The van der Waals surface area contributed by atoms with Gasteiger partial charge in [-0.3, -0.25) is 0 Å². The summed E-state index contributed by atoms with van der Waals surface area (Å²) in [5, 5.41) is 0. The van der Waals surface area contributed by atoms with Gasteiger partial charge in [-0.1, -0.05) is 54.4 Å². The van der Waals surface area contributed by atoms with Gasteiger partial charge in [0.2, 0.25) is 0 Å². The molecule has 0 aromatic rings. The summed E-state index contributed by atoms with van der Waals surface area (Å²) < 4.78 is 5.40. The summed E-state index contributed by atoms with van der Waals surface area (Å²) in [5.41, 5.74) is 0. The van der Waals surface area contributed by atoms with Gasteiger partial charge in [-0.2, -0.15) is 0 Å². The average Bonchev–Trinajstić information content (AvgIpc) is 2.35. The van der Waals surface area contributed by atoms with E-state index in [1.165, 1.54) is 12.8 Å². The van der Waals surface area contributed by atoms with Crippen molar-refractivity contribution in [2.75, 3.05) is 0 Å². The first-order valence-corrected chi connectivity index (χ1v) is 7.01. The summed E-state index contributed by atoms with van der Waals surface area (Å²) in [7, 11) is 0. The standard InChI is InChI=1S/C16H30O/c1-7-13(3)15(5)9-11-17-12-10-16(6)14(4)8-2/h9-16H,7-8H2,1-6H3. The van der Waals surface area contributed by atoms with Crippen LogP contribution in [0.1, 0.15) is 54.4 Å². The molecule has 0 aromatic heterocycles. The van der Waals surface area contributed by atoms with Crippen LogP contribution in [0.4, 0.5) is 0 Å². The van der Waals surface area contributed by atoms with Gasteiger partial charge in [0.25, 0.3) is 0 Å². The Morgan fingerprint density at radius 1 is 0.765 bits per heavy atom. The predicted molar refractivity (Wildman–Crippen MR) is 76.6 cm³/mol. The van der Waals surface area contributed by atoms with E-state index in [0.717, 1.165) is 11.8 Å². The second-order valence-corrected chi connectivity index (χ2v) is 5.28. The van der Waals surface area contributed by atoms with Gasteiger partial charge in [0.1, 0.15) is 0 Å². The van der Waals surface area contributed by atoms with Crippen LogP contribution in [0.2, 0.25) is 0 Å². The van der Waals surface area contributed by atoms with E-state index in [1.54, 1.807) is 0 Å². The highest BCUT2D eigenvalue weighted by Crippen LogP contribution is 2.16. The lowest BCUT2D eigenvalue weighted by Crippen LogP contribution is -2.03. The van der Waals surface area contributed by atoms with Crippen molar-refractivity contribution in [1.82, 2.24) is 0 Å². The van der Waals surface area contributed by atoms with E-state index in [9.17, 15) is 0 Å². The minimum atomic E-state index is 0.584. The van der Waals surface area contributed by atoms with Crippen molar-refractivity contribution in [3.8, 4) is 0 Å². The van der Waals surface area contributed by atoms with Gasteiger partial charge in [-0.15, -0.1) is 0 Å². The van der Waals surface area contributed by atoms with Crippen molar-refractivity contribution in [3.63, 3.8) is 0 Å². The first kappa shape index (κ1) is 16.3. The molecule has 0 aliphatic heterocycles. The number of ether oxygens (including phenoxy) is 1. The topological polar surface area (TPSA) is 9.23 Å².